The van der Waals surface area contributed by atoms with Gasteiger partial charge in [0.1, 0.15) is 0 Å². The van der Waals surface area contributed by atoms with E-state index in [1.165, 1.54) is 76.7 Å². The molecule has 0 bridgehead atoms. The minimum atomic E-state index is 0.628. The zero-order valence-electron chi connectivity index (χ0n) is 35.6. The van der Waals surface area contributed by atoms with Crippen molar-refractivity contribution >= 4 is 54.4 Å². The monoisotopic (exact) mass is 839 g/mol. The zero-order chi connectivity index (χ0) is 43.3. The minimum absolute atomic E-state index is 0.628. The van der Waals surface area contributed by atoms with Gasteiger partial charge in [0.25, 0.3) is 0 Å². The predicted molar refractivity (Wildman–Crippen MR) is 272 cm³/mol. The van der Waals surface area contributed by atoms with Crippen molar-refractivity contribution in [3.05, 3.63) is 224 Å². The number of rotatable bonds is 6. The van der Waals surface area contributed by atoms with Crippen LogP contribution in [0, 0.1) is 0 Å². The lowest BCUT2D eigenvalue weighted by Gasteiger charge is -2.12. The molecule has 14 rings (SSSR count). The van der Waals surface area contributed by atoms with Crippen molar-refractivity contribution < 1.29 is 0 Å². The van der Waals surface area contributed by atoms with Crippen molar-refractivity contribution in [2.45, 2.75) is 0 Å². The maximum absolute atomic E-state index is 5.06. The second-order valence-electron chi connectivity index (χ2n) is 17.2. The fourth-order valence-electron chi connectivity index (χ4n) is 10.6. The van der Waals surface area contributed by atoms with Crippen molar-refractivity contribution in [2.75, 3.05) is 0 Å². The molecule has 1 aliphatic carbocycles. The first-order valence-electron chi connectivity index (χ1n) is 22.4. The van der Waals surface area contributed by atoms with Crippen LogP contribution in [-0.4, -0.2) is 24.1 Å². The standard InChI is InChI=1S/C61H37N5/c1-4-16-38(17-5-1)59-62-60(39-18-6-2-7-19-39)64-61(63-59)42-20-14-23-44(34-42)66-53-29-13-12-26-47(53)50-35-40(30-32-54(50)66)41-31-33-55-52(36-41)58-49-28-15-27-48-45-24-10-11-25-46(45)51(57(48)49)37-56(58)65(55)43-21-8-3-9-22-43/h1-37H. The van der Waals surface area contributed by atoms with Gasteiger partial charge in [-0.15, -0.1) is 0 Å². The maximum atomic E-state index is 5.06. The minimum Gasteiger partial charge on any atom is -0.309 e. The van der Waals surface area contributed by atoms with Crippen LogP contribution in [-0.2, 0) is 0 Å². The second kappa shape index (κ2) is 14.3. The highest BCUT2D eigenvalue weighted by Crippen LogP contribution is 2.51. The molecule has 0 atom stereocenters. The Kier molecular flexibility index (Phi) is 7.91. The van der Waals surface area contributed by atoms with E-state index in [2.05, 4.69) is 173 Å². The molecule has 0 amide bonds. The van der Waals surface area contributed by atoms with Crippen molar-refractivity contribution in [2.24, 2.45) is 0 Å². The normalized spacial score (nSPS) is 11.9. The molecule has 0 fully saturated rings. The summed E-state index contributed by atoms with van der Waals surface area (Å²) < 4.78 is 4.82. The Morgan fingerprint density at radius 1 is 0.242 bits per heavy atom. The molecule has 5 heteroatoms. The molecular formula is C61H37N5. The van der Waals surface area contributed by atoms with E-state index < -0.39 is 0 Å². The Labute approximate surface area is 380 Å². The first-order chi connectivity index (χ1) is 32.7. The largest absolute Gasteiger partial charge is 0.309 e. The number of benzene rings is 10. The van der Waals surface area contributed by atoms with E-state index in [-0.39, 0.29) is 0 Å². The van der Waals surface area contributed by atoms with Crippen molar-refractivity contribution in [1.29, 1.82) is 0 Å². The SMILES string of the molecule is c1ccc(-c2nc(-c3ccccc3)nc(-c3cccc(-n4c5ccccc5c5cc(-c6ccc7c(c6)c6c8cccc9c8c(cc6n7-c6ccccc6)-c6ccccc6-9)ccc54)c3)n2)cc1. The van der Waals surface area contributed by atoms with Gasteiger partial charge in [-0.25, -0.2) is 15.0 Å². The third kappa shape index (κ3) is 5.50. The zero-order valence-corrected chi connectivity index (χ0v) is 35.6. The topological polar surface area (TPSA) is 48.5 Å². The molecule has 1 aliphatic rings. The molecule has 10 aromatic carbocycles. The van der Waals surface area contributed by atoms with Crippen LogP contribution >= 0.6 is 0 Å². The molecule has 66 heavy (non-hydrogen) atoms. The molecule has 3 aromatic heterocycles. The van der Waals surface area contributed by atoms with Crippen molar-refractivity contribution in [1.82, 2.24) is 24.1 Å². The first-order valence-corrected chi connectivity index (χ1v) is 22.4. The van der Waals surface area contributed by atoms with Gasteiger partial charge in [0, 0.05) is 49.6 Å². The molecule has 0 aliphatic heterocycles. The summed E-state index contributed by atoms with van der Waals surface area (Å²) in [6.07, 6.45) is 0. The van der Waals surface area contributed by atoms with Gasteiger partial charge in [-0.3, -0.25) is 0 Å². The van der Waals surface area contributed by atoms with Gasteiger partial charge in [0.05, 0.1) is 22.1 Å². The Balaban J connectivity index is 0.936. The second-order valence-corrected chi connectivity index (χ2v) is 17.2. The number of para-hydroxylation sites is 2. The summed E-state index contributed by atoms with van der Waals surface area (Å²) >= 11 is 0. The quantitative estimate of drug-likeness (QED) is 0.168. The summed E-state index contributed by atoms with van der Waals surface area (Å²) in [5, 5.41) is 7.55. The summed E-state index contributed by atoms with van der Waals surface area (Å²) in [5.41, 5.74) is 17.3. The summed E-state index contributed by atoms with van der Waals surface area (Å²) in [6.45, 7) is 0. The fourth-order valence-corrected chi connectivity index (χ4v) is 10.6. The predicted octanol–water partition coefficient (Wildman–Crippen LogP) is 15.5. The molecule has 0 radical (unpaired) electrons. The van der Waals surface area contributed by atoms with Crippen LogP contribution in [0.2, 0.25) is 0 Å². The average Bonchev–Trinajstić information content (AvgIpc) is 4.03. The Morgan fingerprint density at radius 2 is 0.727 bits per heavy atom. The van der Waals surface area contributed by atoms with Crippen LogP contribution in [0.4, 0.5) is 0 Å². The molecule has 0 spiro atoms. The summed E-state index contributed by atoms with van der Waals surface area (Å²) in [4.78, 5) is 15.0. The van der Waals surface area contributed by atoms with Crippen LogP contribution in [0.15, 0.2) is 224 Å². The van der Waals surface area contributed by atoms with E-state index >= 15 is 0 Å². The highest BCUT2D eigenvalue weighted by Gasteiger charge is 2.26. The van der Waals surface area contributed by atoms with E-state index in [0.717, 1.165) is 39.1 Å². The average molecular weight is 840 g/mol. The molecule has 0 unspecified atom stereocenters. The number of fused-ring (bicyclic) bond motifs is 10. The molecule has 0 N–H and O–H groups in total. The summed E-state index contributed by atoms with van der Waals surface area (Å²) in [5.74, 6) is 1.91. The van der Waals surface area contributed by atoms with E-state index in [0.29, 0.717) is 17.5 Å². The van der Waals surface area contributed by atoms with Gasteiger partial charge in [-0.1, -0.05) is 164 Å². The molecule has 0 saturated carbocycles. The van der Waals surface area contributed by atoms with Crippen LogP contribution in [0.5, 0.6) is 0 Å². The van der Waals surface area contributed by atoms with Gasteiger partial charge in [-0.2, -0.15) is 0 Å². The van der Waals surface area contributed by atoms with E-state index in [1.807, 2.05) is 60.7 Å². The lowest BCUT2D eigenvalue weighted by molar-refractivity contribution is 1.07. The lowest BCUT2D eigenvalue weighted by atomic mass is 9.96. The molecule has 0 saturated heterocycles. The van der Waals surface area contributed by atoms with Gasteiger partial charge in [0.15, 0.2) is 17.5 Å². The number of nitrogens with zero attached hydrogens (tertiary/aromatic N) is 5. The fraction of sp³-hybridized carbons (Fsp3) is 0. The van der Waals surface area contributed by atoms with Gasteiger partial charge < -0.3 is 9.13 Å². The van der Waals surface area contributed by atoms with Crippen LogP contribution in [0.25, 0.3) is 133 Å². The molecule has 3 heterocycles. The summed E-state index contributed by atoms with van der Waals surface area (Å²) in [7, 11) is 0. The number of hydrogen-bond donors (Lipinski definition) is 0. The van der Waals surface area contributed by atoms with Gasteiger partial charge >= 0.3 is 0 Å². The third-order valence-electron chi connectivity index (χ3n) is 13.5. The van der Waals surface area contributed by atoms with Gasteiger partial charge in [-0.05, 0) is 105 Å². The Morgan fingerprint density at radius 3 is 1.44 bits per heavy atom. The lowest BCUT2D eigenvalue weighted by Crippen LogP contribution is -2.01. The molecular weight excluding hydrogens is 803 g/mol. The van der Waals surface area contributed by atoms with E-state index in [1.54, 1.807) is 0 Å². The Bertz CT molecular complexity index is 4030. The van der Waals surface area contributed by atoms with Crippen LogP contribution in [0.3, 0.4) is 0 Å². The Hall–Kier alpha value is -8.93. The maximum Gasteiger partial charge on any atom is 0.164 e. The third-order valence-corrected chi connectivity index (χ3v) is 13.5. The molecule has 5 nitrogen and oxygen atoms in total. The van der Waals surface area contributed by atoms with Crippen molar-refractivity contribution in [3.63, 3.8) is 0 Å². The highest BCUT2D eigenvalue weighted by molar-refractivity contribution is 6.29. The first kappa shape index (κ1) is 36.5. The smallest absolute Gasteiger partial charge is 0.164 e. The van der Waals surface area contributed by atoms with Crippen molar-refractivity contribution in [3.8, 4) is 78.9 Å². The number of aromatic nitrogens is 5. The van der Waals surface area contributed by atoms with Crippen LogP contribution in [0.1, 0.15) is 0 Å². The van der Waals surface area contributed by atoms with E-state index in [9.17, 15) is 0 Å². The highest BCUT2D eigenvalue weighted by atomic mass is 15.0. The molecule has 306 valence electrons. The molecule has 13 aromatic rings. The summed E-state index contributed by atoms with van der Waals surface area (Å²) in [6, 6.07) is 80.4. The van der Waals surface area contributed by atoms with E-state index in [4.69, 9.17) is 15.0 Å². The van der Waals surface area contributed by atoms with Crippen LogP contribution < -0.4 is 0 Å². The number of hydrogen-bond acceptors (Lipinski definition) is 3. The van der Waals surface area contributed by atoms with Gasteiger partial charge in [0.2, 0.25) is 0 Å².